The van der Waals surface area contributed by atoms with Crippen LogP contribution in [0.3, 0.4) is 0 Å². The molecular weight excluding hydrogens is 268 g/mol. The second kappa shape index (κ2) is 8.59. The molecule has 2 rings (SSSR count). The summed E-state index contributed by atoms with van der Waals surface area (Å²) in [7, 11) is 0. The van der Waals surface area contributed by atoms with Gasteiger partial charge in [-0.25, -0.2) is 0 Å². The molecule has 1 heterocycles. The quantitative estimate of drug-likeness (QED) is 0.584. The number of aryl methyl sites for hydroxylation is 1. The first kappa shape index (κ1) is 17.4. The third-order valence-electron chi connectivity index (χ3n) is 3.42. The van der Waals surface area contributed by atoms with Gasteiger partial charge in [-0.2, -0.15) is 0 Å². The summed E-state index contributed by atoms with van der Waals surface area (Å²) in [6.07, 6.45) is 16.2. The number of rotatable bonds is 4. The Bertz CT molecular complexity index is 630. The molecule has 1 aliphatic heterocycles. The molecule has 0 amide bonds. The average molecular weight is 292 g/mol. The zero-order chi connectivity index (χ0) is 16.5. The molecule has 1 aromatic rings. The summed E-state index contributed by atoms with van der Waals surface area (Å²) in [5.41, 5.74) is 6.61. The fraction of sp³-hybridized carbons (Fsp3) is 0.200. The molecule has 0 radical (unpaired) electrons. The predicted molar refractivity (Wildman–Crippen MR) is 98.7 cm³/mol. The highest BCUT2D eigenvalue weighted by atomic mass is 14.9. The lowest BCUT2D eigenvalue weighted by molar-refractivity contribution is 0.919. The summed E-state index contributed by atoms with van der Waals surface area (Å²) in [6.45, 7) is 12.1. The fourth-order valence-corrected chi connectivity index (χ4v) is 2.32. The number of fused-ring (bicyclic) bond motifs is 1. The first-order valence-corrected chi connectivity index (χ1v) is 7.30. The van der Waals surface area contributed by atoms with Crippen LogP contribution >= 0.6 is 0 Å². The highest BCUT2D eigenvalue weighted by Crippen LogP contribution is 2.29. The minimum Gasteiger partial charge on any atom is -0.359 e. The van der Waals surface area contributed by atoms with Crippen molar-refractivity contribution in [1.29, 1.82) is 0 Å². The lowest BCUT2D eigenvalue weighted by Gasteiger charge is -2.21. The van der Waals surface area contributed by atoms with Crippen LogP contribution in [0.2, 0.25) is 0 Å². The van der Waals surface area contributed by atoms with Gasteiger partial charge in [0.25, 0.3) is 0 Å². The molecule has 0 saturated heterocycles. The molecule has 1 aliphatic rings. The van der Waals surface area contributed by atoms with Crippen molar-refractivity contribution in [3.05, 3.63) is 72.1 Å². The number of anilines is 2. The number of allylic oxidation sites excluding steroid dienone is 4. The Morgan fingerprint density at radius 3 is 2.64 bits per heavy atom. The van der Waals surface area contributed by atoms with Gasteiger partial charge in [0.2, 0.25) is 0 Å². The molecule has 0 bridgehead atoms. The molecule has 0 unspecified atom stereocenters. The van der Waals surface area contributed by atoms with Crippen LogP contribution in [0, 0.1) is 12.8 Å². The first-order chi connectivity index (χ1) is 10.6. The topological polar surface area (TPSA) is 24.1 Å². The molecule has 114 valence electrons. The normalized spacial score (nSPS) is 13.6. The van der Waals surface area contributed by atoms with Crippen LogP contribution in [0.5, 0.6) is 0 Å². The smallest absolute Gasteiger partial charge is 0.0435 e. The average Bonchev–Trinajstić information content (AvgIpc) is 2.54. The van der Waals surface area contributed by atoms with E-state index in [9.17, 15) is 0 Å². The van der Waals surface area contributed by atoms with Crippen molar-refractivity contribution in [3.63, 3.8) is 0 Å². The molecule has 1 aromatic carbocycles. The molecule has 0 aliphatic carbocycles. The number of terminal acetylenes is 1. The van der Waals surface area contributed by atoms with Crippen molar-refractivity contribution < 1.29 is 0 Å². The third-order valence-corrected chi connectivity index (χ3v) is 3.42. The molecule has 22 heavy (non-hydrogen) atoms. The lowest BCUT2D eigenvalue weighted by atomic mass is 10.0. The highest BCUT2D eigenvalue weighted by Gasteiger charge is 2.11. The molecule has 0 fully saturated rings. The van der Waals surface area contributed by atoms with E-state index in [1.807, 2.05) is 32.1 Å². The van der Waals surface area contributed by atoms with Gasteiger partial charge in [-0.3, -0.25) is 0 Å². The maximum atomic E-state index is 4.10. The van der Waals surface area contributed by atoms with Crippen molar-refractivity contribution in [2.24, 2.45) is 0 Å². The van der Waals surface area contributed by atoms with Crippen LogP contribution in [0.25, 0.3) is 0 Å². The van der Waals surface area contributed by atoms with Crippen molar-refractivity contribution in [1.82, 2.24) is 0 Å². The van der Waals surface area contributed by atoms with Crippen molar-refractivity contribution in [2.75, 3.05) is 10.6 Å². The van der Waals surface area contributed by atoms with Gasteiger partial charge in [0.1, 0.15) is 0 Å². The standard InChI is InChI=1S/C18H22N2.C2H2/c1-5-7-15(6-2)14(4)20-17-11-10-16-9-8-13(3)19-18(16)12-17;1-2/h5-7,10-12,19-20H,3-4,8-9H2,1-2H3;1-2H/b7-5-,15-6+;. The number of hydrogen-bond donors (Lipinski definition) is 2. The van der Waals surface area contributed by atoms with E-state index >= 15 is 0 Å². The monoisotopic (exact) mass is 292 g/mol. The number of benzene rings is 1. The van der Waals surface area contributed by atoms with E-state index in [1.165, 1.54) is 5.56 Å². The first-order valence-electron chi connectivity index (χ1n) is 7.30. The van der Waals surface area contributed by atoms with E-state index < -0.39 is 0 Å². The zero-order valence-electron chi connectivity index (χ0n) is 13.4. The number of nitrogens with one attached hydrogen (secondary N) is 2. The van der Waals surface area contributed by atoms with Crippen molar-refractivity contribution >= 4 is 11.4 Å². The molecule has 0 atom stereocenters. The Morgan fingerprint density at radius 2 is 2.00 bits per heavy atom. The van der Waals surface area contributed by atoms with Crippen LogP contribution in [-0.4, -0.2) is 0 Å². The van der Waals surface area contributed by atoms with Crippen molar-refractivity contribution in [2.45, 2.75) is 26.7 Å². The Morgan fingerprint density at radius 1 is 1.27 bits per heavy atom. The van der Waals surface area contributed by atoms with Crippen LogP contribution in [-0.2, 0) is 6.42 Å². The maximum absolute atomic E-state index is 4.10. The van der Waals surface area contributed by atoms with E-state index in [2.05, 4.69) is 54.8 Å². The summed E-state index contributed by atoms with van der Waals surface area (Å²) in [5.74, 6) is 0. The van der Waals surface area contributed by atoms with Crippen LogP contribution in [0.15, 0.2) is 66.6 Å². The largest absolute Gasteiger partial charge is 0.359 e. The molecule has 2 N–H and O–H groups in total. The van der Waals surface area contributed by atoms with Crippen molar-refractivity contribution in [3.8, 4) is 12.8 Å². The molecule has 2 heteroatoms. The predicted octanol–water partition coefficient (Wildman–Crippen LogP) is 5.26. The van der Waals surface area contributed by atoms with Crippen LogP contribution in [0.4, 0.5) is 11.4 Å². The molecule has 0 aromatic heterocycles. The minimum atomic E-state index is 0.903. The third kappa shape index (κ3) is 4.43. The Hall–Kier alpha value is -2.66. The molecule has 0 saturated carbocycles. The fourth-order valence-electron chi connectivity index (χ4n) is 2.32. The summed E-state index contributed by atoms with van der Waals surface area (Å²) in [4.78, 5) is 0. The highest BCUT2D eigenvalue weighted by molar-refractivity contribution is 5.67. The number of hydrogen-bond acceptors (Lipinski definition) is 2. The molecule has 0 spiro atoms. The van der Waals surface area contributed by atoms with E-state index in [0.717, 1.165) is 41.2 Å². The van der Waals surface area contributed by atoms with Gasteiger partial charge in [-0.05, 0) is 50.0 Å². The Kier molecular flexibility index (Phi) is 6.79. The van der Waals surface area contributed by atoms with Gasteiger partial charge in [0.05, 0.1) is 0 Å². The van der Waals surface area contributed by atoms with E-state index in [-0.39, 0.29) is 0 Å². The summed E-state index contributed by atoms with van der Waals surface area (Å²) in [6, 6.07) is 6.38. The minimum absolute atomic E-state index is 0.903. The Labute approximate surface area is 134 Å². The van der Waals surface area contributed by atoms with Gasteiger partial charge in [-0.15, -0.1) is 12.8 Å². The lowest BCUT2D eigenvalue weighted by Crippen LogP contribution is -2.09. The van der Waals surface area contributed by atoms with E-state index in [1.54, 1.807) is 0 Å². The zero-order valence-corrected chi connectivity index (χ0v) is 13.4. The van der Waals surface area contributed by atoms with E-state index in [0.29, 0.717) is 0 Å². The van der Waals surface area contributed by atoms with Crippen LogP contribution in [0.1, 0.15) is 25.8 Å². The van der Waals surface area contributed by atoms with Gasteiger partial charge < -0.3 is 10.6 Å². The van der Waals surface area contributed by atoms with Crippen LogP contribution < -0.4 is 10.6 Å². The summed E-state index contributed by atoms with van der Waals surface area (Å²) < 4.78 is 0. The summed E-state index contributed by atoms with van der Waals surface area (Å²) in [5, 5.41) is 6.71. The Balaban J connectivity index is 0.00000116. The second-order valence-electron chi connectivity index (χ2n) is 4.95. The molecular formula is C20H24N2. The second-order valence-corrected chi connectivity index (χ2v) is 4.95. The van der Waals surface area contributed by atoms with Gasteiger partial charge in [0.15, 0.2) is 0 Å². The van der Waals surface area contributed by atoms with Gasteiger partial charge in [-0.1, -0.05) is 37.5 Å². The molecule has 2 nitrogen and oxygen atoms in total. The maximum Gasteiger partial charge on any atom is 0.0435 e. The van der Waals surface area contributed by atoms with Gasteiger partial charge >= 0.3 is 0 Å². The van der Waals surface area contributed by atoms with E-state index in [4.69, 9.17) is 0 Å². The van der Waals surface area contributed by atoms with Gasteiger partial charge in [0, 0.05) is 22.8 Å². The SMILES string of the molecule is C#C.C=C1CCc2ccc(NC(=C)C(/C=C\C)=C/C)cc2N1. The summed E-state index contributed by atoms with van der Waals surface area (Å²) >= 11 is 0.